The molecule has 106 valence electrons. The van der Waals surface area contributed by atoms with Gasteiger partial charge in [-0.1, -0.05) is 17.3 Å². The molecule has 0 aliphatic heterocycles. The number of rotatable bonds is 5. The highest BCUT2D eigenvalue weighted by Gasteiger charge is 2.42. The van der Waals surface area contributed by atoms with Crippen molar-refractivity contribution in [2.24, 2.45) is 16.8 Å². The van der Waals surface area contributed by atoms with Crippen LogP contribution in [0.3, 0.4) is 0 Å². The van der Waals surface area contributed by atoms with Gasteiger partial charge in [0.25, 0.3) is 0 Å². The van der Waals surface area contributed by atoms with Gasteiger partial charge in [-0.05, 0) is 12.1 Å². The third-order valence-electron chi connectivity index (χ3n) is 2.47. The first-order valence-corrected chi connectivity index (χ1v) is 5.31. The summed E-state index contributed by atoms with van der Waals surface area (Å²) in [5.41, 5.74) is 5.44. The summed E-state index contributed by atoms with van der Waals surface area (Å²) in [5.74, 6) is -2.57. The monoisotopic (exact) mass is 277 g/mol. The summed E-state index contributed by atoms with van der Waals surface area (Å²) < 4.78 is 43.1. The molecule has 0 spiro atoms. The van der Waals surface area contributed by atoms with Gasteiger partial charge in [-0.3, -0.25) is 0 Å². The molecule has 1 aromatic carbocycles. The first kappa shape index (κ1) is 14.9. The number of amidine groups is 1. The van der Waals surface area contributed by atoms with E-state index >= 15 is 0 Å². The quantitative estimate of drug-likeness (QED) is 0.333. The van der Waals surface area contributed by atoms with Crippen molar-refractivity contribution in [1.29, 1.82) is 0 Å². The predicted molar refractivity (Wildman–Crippen MR) is 64.4 cm³/mol. The van der Waals surface area contributed by atoms with Gasteiger partial charge in [-0.2, -0.15) is 13.2 Å². The van der Waals surface area contributed by atoms with Crippen LogP contribution in [-0.2, 0) is 0 Å². The maximum absolute atomic E-state index is 12.7. The predicted octanol–water partition coefficient (Wildman–Crippen LogP) is 2.03. The third-order valence-corrected chi connectivity index (χ3v) is 2.47. The lowest BCUT2D eigenvalue weighted by molar-refractivity contribution is -0.152. The van der Waals surface area contributed by atoms with Crippen LogP contribution in [0.1, 0.15) is 0 Å². The Morgan fingerprint density at radius 3 is 2.63 bits per heavy atom. The molecule has 1 atom stereocenters. The number of nitrogens with zero attached hydrogens (tertiary/aromatic N) is 1. The van der Waals surface area contributed by atoms with Crippen LogP contribution < -0.4 is 15.8 Å². The highest BCUT2D eigenvalue weighted by molar-refractivity contribution is 5.83. The first-order chi connectivity index (χ1) is 8.90. The molecule has 0 saturated carbocycles. The van der Waals surface area contributed by atoms with E-state index < -0.39 is 24.5 Å². The zero-order valence-corrected chi connectivity index (χ0v) is 10.1. The Bertz CT molecular complexity index is 449. The highest BCUT2D eigenvalue weighted by atomic mass is 19.4. The molecule has 0 heterocycles. The smallest absolute Gasteiger partial charge is 0.400 e. The summed E-state index contributed by atoms with van der Waals surface area (Å²) in [6.07, 6.45) is -4.61. The molecule has 0 fully saturated rings. The molecule has 8 heteroatoms. The minimum absolute atomic E-state index is 0.394. The van der Waals surface area contributed by atoms with E-state index in [1.165, 1.54) is 7.11 Å². The second-order valence-electron chi connectivity index (χ2n) is 3.70. The Balaban J connectivity index is 2.82. The SMILES string of the molecule is COc1ccccc1NCC(/C(N)=N/O)C(F)(F)F. The number of methoxy groups -OCH3 is 1. The van der Waals surface area contributed by atoms with Crippen LogP contribution >= 0.6 is 0 Å². The summed E-state index contributed by atoms with van der Waals surface area (Å²) in [7, 11) is 1.41. The number of hydrogen-bond acceptors (Lipinski definition) is 4. The van der Waals surface area contributed by atoms with Gasteiger partial charge < -0.3 is 21.0 Å². The van der Waals surface area contributed by atoms with Crippen molar-refractivity contribution >= 4 is 11.5 Å². The summed E-state index contributed by atoms with van der Waals surface area (Å²) in [6.45, 7) is -0.556. The number of anilines is 1. The van der Waals surface area contributed by atoms with E-state index in [-0.39, 0.29) is 0 Å². The van der Waals surface area contributed by atoms with Gasteiger partial charge in [0, 0.05) is 6.54 Å². The third kappa shape index (κ3) is 3.94. The number of ether oxygens (including phenoxy) is 1. The second-order valence-corrected chi connectivity index (χ2v) is 3.70. The molecule has 1 rings (SSSR count). The van der Waals surface area contributed by atoms with E-state index in [0.717, 1.165) is 0 Å². The number of benzene rings is 1. The van der Waals surface area contributed by atoms with Gasteiger partial charge in [-0.25, -0.2) is 0 Å². The lowest BCUT2D eigenvalue weighted by atomic mass is 10.1. The van der Waals surface area contributed by atoms with E-state index in [9.17, 15) is 13.2 Å². The van der Waals surface area contributed by atoms with Gasteiger partial charge in [0.15, 0.2) is 5.84 Å². The van der Waals surface area contributed by atoms with Gasteiger partial charge in [0.05, 0.1) is 12.8 Å². The van der Waals surface area contributed by atoms with E-state index in [0.29, 0.717) is 11.4 Å². The standard InChI is InChI=1S/C11H14F3N3O2/c1-19-9-5-3-2-4-8(9)16-6-7(10(15)17-18)11(12,13)14/h2-5,7,16,18H,6H2,1H3,(H2,15,17). The molecular formula is C11H14F3N3O2. The molecule has 1 unspecified atom stereocenters. The number of halogens is 3. The van der Waals surface area contributed by atoms with Crippen molar-refractivity contribution in [3.63, 3.8) is 0 Å². The summed E-state index contributed by atoms with van der Waals surface area (Å²) in [6, 6.07) is 6.51. The molecule has 19 heavy (non-hydrogen) atoms. The topological polar surface area (TPSA) is 79.9 Å². The second kappa shape index (κ2) is 6.17. The average molecular weight is 277 g/mol. The molecule has 0 aromatic heterocycles. The Labute approximate surface area is 107 Å². The molecule has 0 bridgehead atoms. The lowest BCUT2D eigenvalue weighted by Gasteiger charge is -2.20. The van der Waals surface area contributed by atoms with Crippen LogP contribution in [0.15, 0.2) is 29.4 Å². The van der Waals surface area contributed by atoms with Gasteiger partial charge in [0.2, 0.25) is 0 Å². The van der Waals surface area contributed by atoms with Crippen molar-refractivity contribution in [1.82, 2.24) is 0 Å². The number of nitrogens with one attached hydrogen (secondary N) is 1. The lowest BCUT2D eigenvalue weighted by Crippen LogP contribution is -2.40. The van der Waals surface area contributed by atoms with Crippen LogP contribution in [0.2, 0.25) is 0 Å². The minimum atomic E-state index is -4.61. The minimum Gasteiger partial charge on any atom is -0.495 e. The summed E-state index contributed by atoms with van der Waals surface area (Å²) in [5, 5.41) is 13.4. The normalized spacial score (nSPS) is 14.0. The summed E-state index contributed by atoms with van der Waals surface area (Å²) in [4.78, 5) is 0. The van der Waals surface area contributed by atoms with Crippen molar-refractivity contribution in [2.75, 3.05) is 19.0 Å². The maximum atomic E-state index is 12.7. The fourth-order valence-electron chi connectivity index (χ4n) is 1.46. The van der Waals surface area contributed by atoms with Crippen LogP contribution in [0.25, 0.3) is 0 Å². The van der Waals surface area contributed by atoms with Gasteiger partial charge >= 0.3 is 6.18 Å². The summed E-state index contributed by atoms with van der Waals surface area (Å²) >= 11 is 0. The van der Waals surface area contributed by atoms with Crippen molar-refractivity contribution in [3.05, 3.63) is 24.3 Å². The van der Waals surface area contributed by atoms with E-state index in [2.05, 4.69) is 10.5 Å². The van der Waals surface area contributed by atoms with Gasteiger partial charge in [-0.15, -0.1) is 0 Å². The van der Waals surface area contributed by atoms with Crippen molar-refractivity contribution in [2.45, 2.75) is 6.18 Å². The number of oxime groups is 1. The van der Waals surface area contributed by atoms with Crippen molar-refractivity contribution in [3.8, 4) is 5.75 Å². The number of hydrogen-bond donors (Lipinski definition) is 3. The zero-order valence-electron chi connectivity index (χ0n) is 10.1. The molecule has 0 radical (unpaired) electrons. The Morgan fingerprint density at radius 1 is 1.47 bits per heavy atom. The molecule has 4 N–H and O–H groups in total. The first-order valence-electron chi connectivity index (χ1n) is 5.31. The molecular weight excluding hydrogens is 263 g/mol. The molecule has 0 amide bonds. The molecule has 0 aliphatic rings. The molecule has 1 aromatic rings. The molecule has 0 aliphatic carbocycles. The number of alkyl halides is 3. The molecule has 0 saturated heterocycles. The average Bonchev–Trinajstić information content (AvgIpc) is 2.37. The highest BCUT2D eigenvalue weighted by Crippen LogP contribution is 2.29. The van der Waals surface area contributed by atoms with Crippen LogP contribution in [-0.4, -0.2) is 30.9 Å². The van der Waals surface area contributed by atoms with Crippen LogP contribution in [0.5, 0.6) is 5.75 Å². The van der Waals surface area contributed by atoms with Crippen molar-refractivity contribution < 1.29 is 23.1 Å². The molecule has 5 nitrogen and oxygen atoms in total. The fourth-order valence-corrected chi connectivity index (χ4v) is 1.46. The van der Waals surface area contributed by atoms with E-state index in [4.69, 9.17) is 15.7 Å². The Morgan fingerprint density at radius 2 is 2.11 bits per heavy atom. The Hall–Kier alpha value is -2.12. The number of para-hydroxylation sites is 2. The number of nitrogens with two attached hydrogens (primary N) is 1. The maximum Gasteiger partial charge on any atom is 0.400 e. The Kier molecular flexibility index (Phi) is 4.85. The largest absolute Gasteiger partial charge is 0.495 e. The van der Waals surface area contributed by atoms with Crippen LogP contribution in [0.4, 0.5) is 18.9 Å². The van der Waals surface area contributed by atoms with E-state index in [1.807, 2.05) is 0 Å². The van der Waals surface area contributed by atoms with E-state index in [1.54, 1.807) is 24.3 Å². The van der Waals surface area contributed by atoms with Crippen LogP contribution in [0, 0.1) is 5.92 Å². The fraction of sp³-hybridized carbons (Fsp3) is 0.364. The van der Waals surface area contributed by atoms with Gasteiger partial charge in [0.1, 0.15) is 11.7 Å². The zero-order chi connectivity index (χ0) is 14.5.